The van der Waals surface area contributed by atoms with Gasteiger partial charge < -0.3 is 20.3 Å². The molecule has 1 aliphatic heterocycles. The lowest BCUT2D eigenvalue weighted by Crippen LogP contribution is -2.52. The van der Waals surface area contributed by atoms with E-state index in [1.807, 2.05) is 0 Å². The summed E-state index contributed by atoms with van der Waals surface area (Å²) in [6, 6.07) is 0.486. The topological polar surface area (TPSA) is 52.1 Å². The molecule has 2 N–H and O–H groups in total. The van der Waals surface area contributed by atoms with Gasteiger partial charge in [-0.3, -0.25) is 9.89 Å². The van der Waals surface area contributed by atoms with Crippen LogP contribution in [0.2, 0.25) is 0 Å². The second-order valence-electron chi connectivity index (χ2n) is 8.84. The average molecular weight is 370 g/mol. The molecule has 6 nitrogen and oxygen atoms in total. The lowest BCUT2D eigenvalue weighted by molar-refractivity contribution is 0.0205. The van der Waals surface area contributed by atoms with Crippen LogP contribution in [0, 0.1) is 11.3 Å². The van der Waals surface area contributed by atoms with Gasteiger partial charge in [-0.15, -0.1) is 0 Å². The summed E-state index contributed by atoms with van der Waals surface area (Å²) in [7, 11) is 3.98. The maximum absolute atomic E-state index is 5.65. The van der Waals surface area contributed by atoms with Crippen molar-refractivity contribution in [3.63, 3.8) is 0 Å². The molecule has 0 aromatic heterocycles. The van der Waals surface area contributed by atoms with Crippen molar-refractivity contribution in [2.75, 3.05) is 60.0 Å². The van der Waals surface area contributed by atoms with Crippen molar-refractivity contribution in [1.82, 2.24) is 20.4 Å². The first-order valence-corrected chi connectivity index (χ1v) is 10.2. The molecule has 0 aromatic rings. The van der Waals surface area contributed by atoms with E-state index in [0.717, 1.165) is 51.8 Å². The quantitative estimate of drug-likeness (QED) is 0.505. The van der Waals surface area contributed by atoms with Crippen LogP contribution in [-0.4, -0.2) is 87.9 Å². The van der Waals surface area contributed by atoms with Gasteiger partial charge in [0.05, 0.1) is 12.6 Å². The summed E-state index contributed by atoms with van der Waals surface area (Å²) in [4.78, 5) is 9.91. The van der Waals surface area contributed by atoms with Gasteiger partial charge in [-0.2, -0.15) is 0 Å². The van der Waals surface area contributed by atoms with Crippen molar-refractivity contribution in [3.8, 4) is 0 Å². The Labute approximate surface area is 161 Å². The molecule has 154 valence electrons. The van der Waals surface area contributed by atoms with Gasteiger partial charge in [0.2, 0.25) is 0 Å². The fourth-order valence-corrected chi connectivity index (χ4v) is 3.36. The molecule has 2 atom stereocenters. The number of rotatable bonds is 8. The number of nitrogens with one attached hydrogen (secondary N) is 2. The Balaban J connectivity index is 2.69. The number of hydrogen-bond acceptors (Lipinski definition) is 4. The van der Waals surface area contributed by atoms with Crippen LogP contribution in [-0.2, 0) is 4.74 Å². The third kappa shape index (κ3) is 7.80. The van der Waals surface area contributed by atoms with Crippen molar-refractivity contribution in [2.45, 2.75) is 53.7 Å². The molecular formula is C20H43N5O. The summed E-state index contributed by atoms with van der Waals surface area (Å²) in [5.41, 5.74) is 0.0966. The van der Waals surface area contributed by atoms with E-state index >= 15 is 0 Å². The molecule has 0 bridgehead atoms. The first-order valence-electron chi connectivity index (χ1n) is 10.2. The Morgan fingerprint density at radius 1 is 1.12 bits per heavy atom. The smallest absolute Gasteiger partial charge is 0.191 e. The Hall–Kier alpha value is -0.850. The predicted molar refractivity (Wildman–Crippen MR) is 112 cm³/mol. The largest absolute Gasteiger partial charge is 0.379 e. The first-order chi connectivity index (χ1) is 12.2. The molecule has 0 amide bonds. The van der Waals surface area contributed by atoms with Crippen LogP contribution in [0.3, 0.4) is 0 Å². The molecule has 1 rings (SSSR count). The summed E-state index contributed by atoms with van der Waals surface area (Å²) >= 11 is 0. The maximum Gasteiger partial charge on any atom is 0.191 e. The van der Waals surface area contributed by atoms with E-state index in [0.29, 0.717) is 12.0 Å². The normalized spacial score (nSPS) is 20.3. The van der Waals surface area contributed by atoms with Gasteiger partial charge in [0.25, 0.3) is 0 Å². The minimum atomic E-state index is 0.0966. The second kappa shape index (κ2) is 11.1. The van der Waals surface area contributed by atoms with E-state index in [1.165, 1.54) is 0 Å². The molecule has 26 heavy (non-hydrogen) atoms. The summed E-state index contributed by atoms with van der Waals surface area (Å²) in [5, 5.41) is 6.84. The summed E-state index contributed by atoms with van der Waals surface area (Å²) in [5.74, 6) is 1.48. The van der Waals surface area contributed by atoms with Gasteiger partial charge in [0.1, 0.15) is 0 Å². The molecule has 1 aliphatic rings. The molecule has 0 aliphatic carbocycles. The monoisotopic (exact) mass is 369 g/mol. The highest BCUT2D eigenvalue weighted by molar-refractivity contribution is 5.79. The Morgan fingerprint density at radius 3 is 2.19 bits per heavy atom. The summed E-state index contributed by atoms with van der Waals surface area (Å²) in [6.07, 6.45) is 0.143. The van der Waals surface area contributed by atoms with Crippen molar-refractivity contribution < 1.29 is 4.74 Å². The molecule has 6 heteroatoms. The molecule has 1 heterocycles. The zero-order valence-electron chi connectivity index (χ0n) is 18.4. The summed E-state index contributed by atoms with van der Waals surface area (Å²) < 4.78 is 5.65. The molecule has 2 unspecified atom stereocenters. The van der Waals surface area contributed by atoms with Crippen LogP contribution in [0.5, 0.6) is 0 Å². The Kier molecular flexibility index (Phi) is 9.90. The third-order valence-corrected chi connectivity index (χ3v) is 5.26. The van der Waals surface area contributed by atoms with Gasteiger partial charge in [0, 0.05) is 52.4 Å². The highest BCUT2D eigenvalue weighted by atomic mass is 16.5. The van der Waals surface area contributed by atoms with E-state index in [9.17, 15) is 0 Å². The molecule has 1 saturated heterocycles. The number of likely N-dealkylation sites (N-methyl/N-ethyl adjacent to an activating group) is 1. The molecular weight excluding hydrogens is 326 g/mol. The number of aliphatic imine (C=N–C) groups is 1. The van der Waals surface area contributed by atoms with Crippen molar-refractivity contribution in [2.24, 2.45) is 16.3 Å². The van der Waals surface area contributed by atoms with Gasteiger partial charge in [-0.25, -0.2) is 0 Å². The van der Waals surface area contributed by atoms with E-state index < -0.39 is 0 Å². The lowest BCUT2D eigenvalue weighted by Gasteiger charge is -2.39. The number of ether oxygens (including phenoxy) is 1. The van der Waals surface area contributed by atoms with Crippen LogP contribution in [0.15, 0.2) is 4.99 Å². The fraction of sp³-hybridized carbons (Fsp3) is 0.950. The fourth-order valence-electron chi connectivity index (χ4n) is 3.36. The van der Waals surface area contributed by atoms with E-state index in [1.54, 1.807) is 7.11 Å². The average Bonchev–Trinajstić information content (AvgIpc) is 2.55. The molecule has 0 saturated carbocycles. The van der Waals surface area contributed by atoms with Gasteiger partial charge in [0.15, 0.2) is 5.96 Å². The van der Waals surface area contributed by atoms with Crippen LogP contribution in [0.1, 0.15) is 41.5 Å². The van der Waals surface area contributed by atoms with E-state index in [-0.39, 0.29) is 11.5 Å². The van der Waals surface area contributed by atoms with Crippen LogP contribution in [0.4, 0.5) is 0 Å². The maximum atomic E-state index is 5.65. The number of piperazine rings is 1. The van der Waals surface area contributed by atoms with Crippen molar-refractivity contribution in [3.05, 3.63) is 0 Å². The standard InChI is InChI=1S/C20H43N5O/c1-9-21-19(23-15-18(26-8)20(4,5)6)22-14-17(16(2)3)25-12-10-24(7)11-13-25/h16-18H,9-15H2,1-8H3,(H2,21,22,23). The minimum Gasteiger partial charge on any atom is -0.379 e. The summed E-state index contributed by atoms with van der Waals surface area (Å²) in [6.45, 7) is 20.3. The van der Waals surface area contributed by atoms with Crippen LogP contribution >= 0.6 is 0 Å². The zero-order chi connectivity index (χ0) is 19.7. The van der Waals surface area contributed by atoms with Crippen LogP contribution in [0.25, 0.3) is 0 Å². The van der Waals surface area contributed by atoms with Gasteiger partial charge in [-0.1, -0.05) is 34.6 Å². The van der Waals surface area contributed by atoms with Gasteiger partial charge in [-0.05, 0) is 25.3 Å². The highest BCUT2D eigenvalue weighted by Crippen LogP contribution is 2.21. The first kappa shape index (κ1) is 23.2. The Morgan fingerprint density at radius 2 is 1.73 bits per heavy atom. The van der Waals surface area contributed by atoms with Gasteiger partial charge >= 0.3 is 0 Å². The lowest BCUT2D eigenvalue weighted by atomic mass is 9.89. The Bertz CT molecular complexity index is 411. The van der Waals surface area contributed by atoms with Crippen LogP contribution < -0.4 is 10.6 Å². The third-order valence-electron chi connectivity index (χ3n) is 5.26. The number of hydrogen-bond donors (Lipinski definition) is 2. The number of methoxy groups -OCH3 is 1. The predicted octanol–water partition coefficient (Wildman–Crippen LogP) is 1.87. The molecule has 1 fully saturated rings. The number of guanidine groups is 1. The van der Waals surface area contributed by atoms with E-state index in [4.69, 9.17) is 9.73 Å². The SMILES string of the molecule is CCNC(=NCC(C(C)C)N1CCN(C)CC1)NCC(OC)C(C)(C)C. The van der Waals surface area contributed by atoms with Crippen molar-refractivity contribution in [1.29, 1.82) is 0 Å². The molecule has 0 spiro atoms. The van der Waals surface area contributed by atoms with Crippen molar-refractivity contribution >= 4 is 5.96 Å². The zero-order valence-corrected chi connectivity index (χ0v) is 18.4. The highest BCUT2D eigenvalue weighted by Gasteiger charge is 2.26. The molecule has 0 aromatic carbocycles. The minimum absolute atomic E-state index is 0.0966. The van der Waals surface area contributed by atoms with E-state index in [2.05, 4.69) is 69.0 Å². The number of nitrogens with zero attached hydrogens (tertiary/aromatic N) is 3. The molecule has 0 radical (unpaired) electrons. The second-order valence-corrected chi connectivity index (χ2v) is 8.84.